The topological polar surface area (TPSA) is 76.8 Å². The second-order valence-electron chi connectivity index (χ2n) is 7.18. The highest BCUT2D eigenvalue weighted by atomic mass is 16.5. The first-order valence-corrected chi connectivity index (χ1v) is 9.22. The van der Waals surface area contributed by atoms with E-state index in [2.05, 4.69) is 6.07 Å². The Bertz CT molecular complexity index is 891. The van der Waals surface area contributed by atoms with Crippen LogP contribution in [0.25, 0.3) is 11.1 Å². The molecule has 3 rings (SSSR count). The Labute approximate surface area is 165 Å². The zero-order valence-electron chi connectivity index (χ0n) is 16.4. The van der Waals surface area contributed by atoms with E-state index in [1.165, 1.54) is 4.90 Å². The molecule has 1 saturated heterocycles. The van der Waals surface area contributed by atoms with Gasteiger partial charge in [0.15, 0.2) is 0 Å². The number of amides is 1. The Morgan fingerprint density at radius 2 is 1.82 bits per heavy atom. The van der Waals surface area contributed by atoms with Crippen molar-refractivity contribution in [2.75, 3.05) is 34.4 Å². The van der Waals surface area contributed by atoms with Crippen molar-refractivity contribution in [1.82, 2.24) is 9.80 Å². The van der Waals surface area contributed by atoms with E-state index in [1.54, 1.807) is 12.0 Å². The van der Waals surface area contributed by atoms with Crippen molar-refractivity contribution in [3.05, 3.63) is 54.1 Å². The maximum absolute atomic E-state index is 12.6. The van der Waals surface area contributed by atoms with Crippen molar-refractivity contribution in [2.24, 2.45) is 0 Å². The quantitative estimate of drug-likeness (QED) is 0.832. The van der Waals surface area contributed by atoms with Gasteiger partial charge in [-0.3, -0.25) is 4.79 Å². The van der Waals surface area contributed by atoms with E-state index in [-0.39, 0.29) is 25.0 Å². The molecule has 0 radical (unpaired) electrons. The summed E-state index contributed by atoms with van der Waals surface area (Å²) in [6.07, 6.45) is 0. The molecule has 1 aliphatic heterocycles. The molecule has 1 heterocycles. The number of nitriles is 1. The lowest BCUT2D eigenvalue weighted by Gasteiger charge is -2.52. The number of benzene rings is 2. The molecule has 0 aliphatic carbocycles. The van der Waals surface area contributed by atoms with Gasteiger partial charge < -0.3 is 19.6 Å². The van der Waals surface area contributed by atoms with Crippen LogP contribution < -0.4 is 4.74 Å². The number of nitrogens with zero attached hydrogens (tertiary/aromatic N) is 3. The molecule has 0 saturated carbocycles. The normalized spacial score (nSPS) is 21.1. The van der Waals surface area contributed by atoms with Crippen LogP contribution >= 0.6 is 0 Å². The molecule has 1 N–H and O–H groups in total. The first kappa shape index (κ1) is 19.9. The molecule has 1 amide bonds. The summed E-state index contributed by atoms with van der Waals surface area (Å²) in [7, 11) is 5.24. The molecule has 0 aromatic heterocycles. The van der Waals surface area contributed by atoms with Gasteiger partial charge in [0, 0.05) is 11.5 Å². The molecular formula is C22H25N3O3. The molecule has 146 valence electrons. The number of carbonyl (C=O) groups excluding carboxylic acids is 1. The van der Waals surface area contributed by atoms with E-state index in [4.69, 9.17) is 4.74 Å². The van der Waals surface area contributed by atoms with Gasteiger partial charge in [0.1, 0.15) is 11.8 Å². The van der Waals surface area contributed by atoms with Gasteiger partial charge >= 0.3 is 0 Å². The number of likely N-dealkylation sites (tertiary alicyclic amines) is 1. The standard InChI is InChI=1S/C22H25N3O3/c1-24(2)13-21(27)25-18(12-23)22(19(25)14-26)17-10-5-4-8-15(17)16-9-6-7-11-20(16)28-3/h4-11,18-19,22,26H,13-14H2,1-3H3/t18-,19+,22-/m0/s1. The smallest absolute Gasteiger partial charge is 0.238 e. The molecule has 1 fully saturated rings. The van der Waals surface area contributed by atoms with Crippen LogP contribution in [0.15, 0.2) is 48.5 Å². The largest absolute Gasteiger partial charge is 0.496 e. The van der Waals surface area contributed by atoms with E-state index in [1.807, 2.05) is 62.6 Å². The fraction of sp³-hybridized carbons (Fsp3) is 0.364. The average Bonchev–Trinajstić information content (AvgIpc) is 2.67. The van der Waals surface area contributed by atoms with Gasteiger partial charge in [-0.25, -0.2) is 0 Å². The summed E-state index contributed by atoms with van der Waals surface area (Å²) in [5.74, 6) is 0.327. The molecule has 0 spiro atoms. The van der Waals surface area contributed by atoms with Crippen molar-refractivity contribution in [3.63, 3.8) is 0 Å². The van der Waals surface area contributed by atoms with Gasteiger partial charge in [0.05, 0.1) is 32.4 Å². The molecule has 28 heavy (non-hydrogen) atoms. The summed E-state index contributed by atoms with van der Waals surface area (Å²) in [4.78, 5) is 15.9. The summed E-state index contributed by atoms with van der Waals surface area (Å²) < 4.78 is 5.51. The van der Waals surface area contributed by atoms with E-state index < -0.39 is 12.1 Å². The second kappa shape index (κ2) is 8.42. The molecular weight excluding hydrogens is 354 g/mol. The highest BCUT2D eigenvalue weighted by molar-refractivity contribution is 5.82. The number of para-hydroxylation sites is 1. The SMILES string of the molecule is COc1ccccc1-c1ccccc1[C@@H]1[C@@H](CO)N(C(=O)CN(C)C)[C@H]1C#N. The van der Waals surface area contributed by atoms with Crippen LogP contribution in [-0.2, 0) is 4.79 Å². The number of aliphatic hydroxyl groups excluding tert-OH is 1. The van der Waals surface area contributed by atoms with Crippen molar-refractivity contribution in [3.8, 4) is 22.9 Å². The molecule has 3 atom stereocenters. The Morgan fingerprint density at radius 1 is 1.18 bits per heavy atom. The third kappa shape index (κ3) is 3.47. The van der Waals surface area contributed by atoms with E-state index in [0.717, 1.165) is 22.4 Å². The summed E-state index contributed by atoms with van der Waals surface area (Å²) in [5, 5.41) is 19.8. The maximum Gasteiger partial charge on any atom is 0.238 e. The van der Waals surface area contributed by atoms with Crippen LogP contribution in [0.2, 0.25) is 0 Å². The number of hydrogen-bond donors (Lipinski definition) is 1. The lowest BCUT2D eigenvalue weighted by molar-refractivity contribution is -0.147. The monoisotopic (exact) mass is 379 g/mol. The molecule has 2 aromatic rings. The summed E-state index contributed by atoms with van der Waals surface area (Å²) in [6, 6.07) is 16.8. The minimum atomic E-state index is -0.611. The predicted molar refractivity (Wildman–Crippen MR) is 107 cm³/mol. The average molecular weight is 379 g/mol. The molecule has 0 unspecified atom stereocenters. The summed E-state index contributed by atoms with van der Waals surface area (Å²) >= 11 is 0. The van der Waals surface area contributed by atoms with Gasteiger partial charge in [-0.15, -0.1) is 0 Å². The number of rotatable bonds is 6. The third-order valence-electron chi connectivity index (χ3n) is 5.19. The van der Waals surface area contributed by atoms with Gasteiger partial charge in [0.2, 0.25) is 5.91 Å². The maximum atomic E-state index is 12.6. The van der Waals surface area contributed by atoms with Gasteiger partial charge in [-0.05, 0) is 31.3 Å². The number of aliphatic hydroxyl groups is 1. The summed E-state index contributed by atoms with van der Waals surface area (Å²) in [6.45, 7) is 0.0117. The zero-order valence-corrected chi connectivity index (χ0v) is 16.4. The fourth-order valence-electron chi connectivity index (χ4n) is 3.98. The predicted octanol–water partition coefficient (Wildman–Crippen LogP) is 2.10. The van der Waals surface area contributed by atoms with Gasteiger partial charge in [0.25, 0.3) is 0 Å². The molecule has 2 aromatic carbocycles. The lowest BCUT2D eigenvalue weighted by atomic mass is 9.73. The Morgan fingerprint density at radius 3 is 2.43 bits per heavy atom. The highest BCUT2D eigenvalue weighted by Gasteiger charge is 2.52. The zero-order chi connectivity index (χ0) is 20.3. The minimum Gasteiger partial charge on any atom is -0.496 e. The van der Waals surface area contributed by atoms with Crippen molar-refractivity contribution < 1.29 is 14.6 Å². The van der Waals surface area contributed by atoms with Crippen molar-refractivity contribution in [2.45, 2.75) is 18.0 Å². The van der Waals surface area contributed by atoms with Crippen LogP contribution in [-0.4, -0.2) is 67.3 Å². The molecule has 1 aliphatic rings. The second-order valence-corrected chi connectivity index (χ2v) is 7.18. The Kier molecular flexibility index (Phi) is 5.98. The van der Waals surface area contributed by atoms with E-state index >= 15 is 0 Å². The summed E-state index contributed by atoms with van der Waals surface area (Å²) in [5.41, 5.74) is 2.81. The number of methoxy groups -OCH3 is 1. The molecule has 0 bridgehead atoms. The lowest BCUT2D eigenvalue weighted by Crippen LogP contribution is -2.66. The first-order chi connectivity index (χ1) is 13.5. The Hall–Kier alpha value is -2.88. The first-order valence-electron chi connectivity index (χ1n) is 9.22. The highest BCUT2D eigenvalue weighted by Crippen LogP contribution is 2.45. The number of hydrogen-bond acceptors (Lipinski definition) is 5. The Balaban J connectivity index is 2.02. The van der Waals surface area contributed by atoms with E-state index in [0.29, 0.717) is 0 Å². The molecule has 6 heteroatoms. The van der Waals surface area contributed by atoms with Crippen molar-refractivity contribution >= 4 is 5.91 Å². The minimum absolute atomic E-state index is 0.151. The van der Waals surface area contributed by atoms with Crippen LogP contribution in [0.3, 0.4) is 0 Å². The van der Waals surface area contributed by atoms with Gasteiger partial charge in [-0.2, -0.15) is 5.26 Å². The molecule has 6 nitrogen and oxygen atoms in total. The number of carbonyl (C=O) groups is 1. The van der Waals surface area contributed by atoms with Crippen LogP contribution in [0.1, 0.15) is 11.5 Å². The van der Waals surface area contributed by atoms with Crippen molar-refractivity contribution in [1.29, 1.82) is 5.26 Å². The van der Waals surface area contributed by atoms with Gasteiger partial charge in [-0.1, -0.05) is 42.5 Å². The van der Waals surface area contributed by atoms with E-state index in [9.17, 15) is 15.2 Å². The third-order valence-corrected chi connectivity index (χ3v) is 5.19. The number of ether oxygens (including phenoxy) is 1. The van der Waals surface area contributed by atoms with Crippen LogP contribution in [0.4, 0.5) is 0 Å². The van der Waals surface area contributed by atoms with Crippen LogP contribution in [0, 0.1) is 11.3 Å². The number of likely N-dealkylation sites (N-methyl/N-ethyl adjacent to an activating group) is 1. The fourth-order valence-corrected chi connectivity index (χ4v) is 3.98. The van der Waals surface area contributed by atoms with Crippen LogP contribution in [0.5, 0.6) is 5.75 Å².